The zero-order valence-electron chi connectivity index (χ0n) is 14.9. The van der Waals surface area contributed by atoms with Gasteiger partial charge in [0.1, 0.15) is 0 Å². The number of nitrogens with zero attached hydrogens (tertiary/aromatic N) is 1. The first-order valence-corrected chi connectivity index (χ1v) is 11.0. The van der Waals surface area contributed by atoms with Gasteiger partial charge in [-0.1, -0.05) is 0 Å². The molecule has 1 aromatic carbocycles. The molecule has 0 aliphatic heterocycles. The number of rotatable bonds is 8. The maximum atomic E-state index is 13.9. The van der Waals surface area contributed by atoms with E-state index in [0.717, 1.165) is 24.3 Å². The summed E-state index contributed by atoms with van der Waals surface area (Å²) in [5, 5.41) is 11.4. The van der Waals surface area contributed by atoms with E-state index in [1.165, 1.54) is 6.92 Å². The van der Waals surface area contributed by atoms with E-state index in [4.69, 9.17) is 5.26 Å². The molecule has 0 bridgehead atoms. The van der Waals surface area contributed by atoms with Crippen molar-refractivity contribution in [3.8, 4) is 6.07 Å². The van der Waals surface area contributed by atoms with E-state index in [1.807, 2.05) is 6.07 Å². The Hall–Kier alpha value is -1.68. The summed E-state index contributed by atoms with van der Waals surface area (Å²) in [6.07, 6.45) is -5.70. The topological polar surface area (TPSA) is 52.9 Å². The van der Waals surface area contributed by atoms with Crippen LogP contribution in [0.25, 0.3) is 0 Å². The Morgan fingerprint density at radius 2 is 1.82 bits per heavy atom. The van der Waals surface area contributed by atoms with Crippen molar-refractivity contribution in [1.82, 2.24) is 5.32 Å². The van der Waals surface area contributed by atoms with Crippen LogP contribution in [0.3, 0.4) is 0 Å². The molecular formula is C18H19AsF6N2O. The summed E-state index contributed by atoms with van der Waals surface area (Å²) in [5.41, 5.74) is -1.42. The van der Waals surface area contributed by atoms with Gasteiger partial charge < -0.3 is 0 Å². The van der Waals surface area contributed by atoms with E-state index in [0.29, 0.717) is 12.8 Å². The first kappa shape index (κ1) is 22.6. The monoisotopic (exact) mass is 468 g/mol. The molecule has 1 saturated carbocycles. The van der Waals surface area contributed by atoms with Crippen molar-refractivity contribution in [3.05, 3.63) is 35.6 Å². The van der Waals surface area contributed by atoms with Gasteiger partial charge in [-0.15, -0.1) is 0 Å². The molecule has 0 aromatic heterocycles. The van der Waals surface area contributed by atoms with Gasteiger partial charge in [0.25, 0.3) is 0 Å². The second-order valence-corrected chi connectivity index (χ2v) is 10.2. The van der Waals surface area contributed by atoms with Crippen LogP contribution in [0.1, 0.15) is 42.9 Å². The Balaban J connectivity index is 2.30. The Morgan fingerprint density at radius 3 is 2.25 bits per heavy atom. The summed E-state index contributed by atoms with van der Waals surface area (Å²) in [4.78, 5) is 12.5. The SMILES string of the molecule is CCC(F)(F)CC([AsH]C(c1ccc(F)cc1)C(F)(F)F)C(=O)NC1(C#N)CC1. The Bertz CT molecular complexity index is 740. The number of hydrogen-bond acceptors (Lipinski definition) is 2. The molecule has 2 rings (SSSR count). The van der Waals surface area contributed by atoms with E-state index in [9.17, 15) is 31.1 Å². The second-order valence-electron chi connectivity index (χ2n) is 6.84. The minimum absolute atomic E-state index is 0.257. The first-order valence-electron chi connectivity index (χ1n) is 8.61. The molecule has 154 valence electrons. The van der Waals surface area contributed by atoms with Gasteiger partial charge in [-0.2, -0.15) is 0 Å². The fourth-order valence-electron chi connectivity index (χ4n) is 2.62. The number of carbonyl (C=O) groups excluding carboxylic acids is 1. The van der Waals surface area contributed by atoms with Crippen LogP contribution in [0, 0.1) is 17.1 Å². The van der Waals surface area contributed by atoms with E-state index in [2.05, 4.69) is 5.32 Å². The van der Waals surface area contributed by atoms with Crippen LogP contribution >= 0.6 is 0 Å². The Kier molecular flexibility index (Phi) is 6.75. The molecule has 0 heterocycles. The minimum atomic E-state index is -4.76. The van der Waals surface area contributed by atoms with Crippen molar-refractivity contribution in [2.45, 2.75) is 59.7 Å². The van der Waals surface area contributed by atoms with Gasteiger partial charge in [-0.3, -0.25) is 0 Å². The molecule has 0 radical (unpaired) electrons. The van der Waals surface area contributed by atoms with Crippen molar-refractivity contribution in [2.75, 3.05) is 0 Å². The molecule has 1 N–H and O–H groups in total. The molecule has 1 aliphatic rings. The molecule has 3 nitrogen and oxygen atoms in total. The van der Waals surface area contributed by atoms with Gasteiger partial charge in [-0.05, 0) is 0 Å². The molecule has 0 spiro atoms. The number of halogens is 6. The third-order valence-corrected chi connectivity index (χ3v) is 8.47. The average Bonchev–Trinajstić information content (AvgIpc) is 3.38. The fraction of sp³-hybridized carbons (Fsp3) is 0.556. The van der Waals surface area contributed by atoms with Crippen molar-refractivity contribution < 1.29 is 31.1 Å². The van der Waals surface area contributed by atoms with E-state index < -0.39 is 67.4 Å². The van der Waals surface area contributed by atoms with Crippen LogP contribution < -0.4 is 5.32 Å². The van der Waals surface area contributed by atoms with Gasteiger partial charge in [0.2, 0.25) is 0 Å². The van der Waals surface area contributed by atoms with Crippen molar-refractivity contribution in [1.29, 1.82) is 5.26 Å². The molecule has 3 atom stereocenters. The van der Waals surface area contributed by atoms with Gasteiger partial charge in [0.15, 0.2) is 0 Å². The summed E-state index contributed by atoms with van der Waals surface area (Å²) in [6, 6.07) is 5.52. The third kappa shape index (κ3) is 5.91. The first-order chi connectivity index (χ1) is 12.9. The number of hydrogen-bond donors (Lipinski definition) is 1. The van der Waals surface area contributed by atoms with Gasteiger partial charge in [0.05, 0.1) is 0 Å². The second kappa shape index (κ2) is 8.36. The predicted octanol–water partition coefficient (Wildman–Crippen LogP) is 4.26. The van der Waals surface area contributed by atoms with Crippen LogP contribution in [0.4, 0.5) is 26.3 Å². The molecule has 1 aliphatic carbocycles. The molecule has 10 heteroatoms. The summed E-state index contributed by atoms with van der Waals surface area (Å²) in [5.74, 6) is -4.96. The van der Waals surface area contributed by atoms with Gasteiger partial charge in [0, 0.05) is 0 Å². The van der Waals surface area contributed by atoms with Crippen molar-refractivity contribution in [3.63, 3.8) is 0 Å². The number of alkyl halides is 5. The molecule has 1 fully saturated rings. The average molecular weight is 468 g/mol. The molecule has 1 aromatic rings. The molecular weight excluding hydrogens is 449 g/mol. The van der Waals surface area contributed by atoms with E-state index in [1.54, 1.807) is 0 Å². The zero-order valence-corrected chi connectivity index (χ0v) is 17.0. The van der Waals surface area contributed by atoms with Gasteiger partial charge >= 0.3 is 165 Å². The zero-order chi connectivity index (χ0) is 21.2. The number of benzene rings is 1. The molecule has 1 amide bonds. The normalized spacial score (nSPS) is 18.5. The number of nitrogens with one attached hydrogen (secondary N) is 1. The summed E-state index contributed by atoms with van der Waals surface area (Å²) < 4.78 is 78.2. The Morgan fingerprint density at radius 1 is 1.25 bits per heavy atom. The van der Waals surface area contributed by atoms with E-state index >= 15 is 0 Å². The van der Waals surface area contributed by atoms with Crippen LogP contribution in [0.5, 0.6) is 0 Å². The summed E-state index contributed by atoms with van der Waals surface area (Å²) in [6.45, 7) is 1.19. The molecule has 28 heavy (non-hydrogen) atoms. The van der Waals surface area contributed by atoms with Crippen LogP contribution in [-0.2, 0) is 4.79 Å². The number of amides is 1. The quantitative estimate of drug-likeness (QED) is 0.458. The summed E-state index contributed by atoms with van der Waals surface area (Å²) in [7, 11) is 0. The van der Waals surface area contributed by atoms with Crippen LogP contribution in [-0.4, -0.2) is 39.3 Å². The van der Waals surface area contributed by atoms with Gasteiger partial charge in [-0.25, -0.2) is 0 Å². The van der Waals surface area contributed by atoms with Crippen LogP contribution in [0.15, 0.2) is 24.3 Å². The number of carbonyl (C=O) groups is 1. The van der Waals surface area contributed by atoms with Crippen LogP contribution in [0.2, 0.25) is 4.71 Å². The third-order valence-electron chi connectivity index (χ3n) is 4.56. The summed E-state index contributed by atoms with van der Waals surface area (Å²) >= 11 is -2.35. The fourth-order valence-corrected chi connectivity index (χ4v) is 6.01. The standard InChI is InChI=1S/C18H19AsF6N2O/c1-2-17(21,22)9-13(15(28)27-16(10-26)7-8-16)19-14(18(23,24)25)11-3-5-12(20)6-4-11/h3-6,13-14,19H,2,7-9H2,1H3,(H,27,28). The Labute approximate surface area is 165 Å². The molecule has 3 unspecified atom stereocenters. The number of nitriles is 1. The van der Waals surface area contributed by atoms with Crippen molar-refractivity contribution >= 4 is 21.7 Å². The van der Waals surface area contributed by atoms with Crippen molar-refractivity contribution in [2.24, 2.45) is 0 Å². The van der Waals surface area contributed by atoms with E-state index in [-0.39, 0.29) is 5.56 Å². The maximum absolute atomic E-state index is 13.9. The predicted molar refractivity (Wildman–Crippen MR) is 91.7 cm³/mol. The molecule has 0 saturated heterocycles.